The Hall–Kier alpha value is -3.80. The fourth-order valence-electron chi connectivity index (χ4n) is 2.69. The lowest BCUT2D eigenvalue weighted by Gasteiger charge is -2.07. The fraction of sp³-hybridized carbons (Fsp3) is 0.0476. The molecule has 1 amide bonds. The Kier molecular flexibility index (Phi) is 4.70. The van der Waals surface area contributed by atoms with E-state index in [0.29, 0.717) is 18.1 Å². The van der Waals surface area contributed by atoms with Crippen molar-refractivity contribution in [1.29, 1.82) is 0 Å². The van der Waals surface area contributed by atoms with E-state index in [2.05, 4.69) is 15.5 Å². The van der Waals surface area contributed by atoms with Crippen LogP contribution in [0.25, 0.3) is 10.9 Å². The van der Waals surface area contributed by atoms with Crippen LogP contribution in [0.3, 0.4) is 0 Å². The first-order valence-corrected chi connectivity index (χ1v) is 8.44. The molecular weight excluding hydrogens is 342 g/mol. The molecule has 27 heavy (non-hydrogen) atoms. The van der Waals surface area contributed by atoms with E-state index in [0.717, 1.165) is 22.0 Å². The van der Waals surface area contributed by atoms with Gasteiger partial charge in [0.2, 0.25) is 0 Å². The summed E-state index contributed by atoms with van der Waals surface area (Å²) >= 11 is 0. The van der Waals surface area contributed by atoms with Gasteiger partial charge in [-0.15, -0.1) is 0 Å². The Bertz CT molecular complexity index is 1070. The first-order valence-electron chi connectivity index (χ1n) is 8.44. The highest BCUT2D eigenvalue weighted by atomic mass is 16.5. The Balaban J connectivity index is 1.49. The SMILES string of the molecule is O=C(N/N=C/c1ccoc1)c1cc2c(OCc3ccccc3)cccc2[nH]1. The third-order valence-electron chi connectivity index (χ3n) is 4.03. The highest BCUT2D eigenvalue weighted by molar-refractivity contribution is 6.00. The molecule has 134 valence electrons. The number of nitrogens with zero attached hydrogens (tertiary/aromatic N) is 1. The number of hydrogen-bond donors (Lipinski definition) is 2. The van der Waals surface area contributed by atoms with E-state index in [9.17, 15) is 4.79 Å². The van der Waals surface area contributed by atoms with Gasteiger partial charge in [0, 0.05) is 16.5 Å². The Morgan fingerprint density at radius 2 is 2.04 bits per heavy atom. The number of furan rings is 1. The summed E-state index contributed by atoms with van der Waals surface area (Å²) in [4.78, 5) is 15.4. The molecule has 4 rings (SSSR count). The molecular formula is C21H17N3O3. The number of aromatic amines is 1. The molecule has 2 aromatic carbocycles. The highest BCUT2D eigenvalue weighted by Crippen LogP contribution is 2.27. The molecule has 0 saturated heterocycles. The second-order valence-electron chi connectivity index (χ2n) is 5.93. The number of hydrazone groups is 1. The zero-order chi connectivity index (χ0) is 18.5. The summed E-state index contributed by atoms with van der Waals surface area (Å²) in [5.74, 6) is 0.383. The number of aromatic nitrogens is 1. The second kappa shape index (κ2) is 7.61. The number of fused-ring (bicyclic) bond motifs is 1. The van der Waals surface area contributed by atoms with Crippen molar-refractivity contribution in [2.45, 2.75) is 6.61 Å². The summed E-state index contributed by atoms with van der Waals surface area (Å²) in [5, 5.41) is 4.77. The quantitative estimate of drug-likeness (QED) is 0.402. The lowest BCUT2D eigenvalue weighted by atomic mass is 10.2. The Morgan fingerprint density at radius 3 is 2.85 bits per heavy atom. The van der Waals surface area contributed by atoms with Crippen LogP contribution in [0.4, 0.5) is 0 Å². The van der Waals surface area contributed by atoms with Crippen LogP contribution in [0, 0.1) is 0 Å². The molecule has 0 aliphatic heterocycles. The van der Waals surface area contributed by atoms with E-state index < -0.39 is 0 Å². The van der Waals surface area contributed by atoms with Crippen LogP contribution < -0.4 is 10.2 Å². The number of H-pyrrole nitrogens is 1. The molecule has 0 unspecified atom stereocenters. The zero-order valence-corrected chi connectivity index (χ0v) is 14.4. The van der Waals surface area contributed by atoms with Gasteiger partial charge in [-0.1, -0.05) is 36.4 Å². The van der Waals surface area contributed by atoms with Gasteiger partial charge in [0.1, 0.15) is 18.1 Å². The predicted octanol–water partition coefficient (Wildman–Crippen LogP) is 4.10. The first kappa shape index (κ1) is 16.7. The first-order chi connectivity index (χ1) is 13.3. The van der Waals surface area contributed by atoms with Gasteiger partial charge in [-0.05, 0) is 29.8 Å². The molecule has 2 aromatic heterocycles. The molecule has 0 fully saturated rings. The van der Waals surface area contributed by atoms with Crippen LogP contribution in [0.2, 0.25) is 0 Å². The van der Waals surface area contributed by atoms with Crippen molar-refractivity contribution < 1.29 is 13.9 Å². The Morgan fingerprint density at radius 1 is 1.15 bits per heavy atom. The number of rotatable bonds is 6. The van der Waals surface area contributed by atoms with E-state index in [1.54, 1.807) is 12.1 Å². The van der Waals surface area contributed by atoms with Gasteiger partial charge in [0.15, 0.2) is 0 Å². The van der Waals surface area contributed by atoms with Crippen LogP contribution in [0.15, 0.2) is 82.7 Å². The molecule has 0 bridgehead atoms. The normalized spacial score (nSPS) is 11.1. The molecule has 4 aromatic rings. The van der Waals surface area contributed by atoms with Gasteiger partial charge in [-0.3, -0.25) is 4.79 Å². The van der Waals surface area contributed by atoms with E-state index in [4.69, 9.17) is 9.15 Å². The highest BCUT2D eigenvalue weighted by Gasteiger charge is 2.12. The summed E-state index contributed by atoms with van der Waals surface area (Å²) in [6.45, 7) is 0.460. The van der Waals surface area contributed by atoms with Crippen LogP contribution >= 0.6 is 0 Å². The smallest absolute Gasteiger partial charge is 0.287 e. The van der Waals surface area contributed by atoms with Crippen molar-refractivity contribution in [2.75, 3.05) is 0 Å². The van der Waals surface area contributed by atoms with Crippen LogP contribution in [-0.2, 0) is 6.61 Å². The maximum absolute atomic E-state index is 12.3. The van der Waals surface area contributed by atoms with Crippen LogP contribution in [-0.4, -0.2) is 17.1 Å². The number of amides is 1. The standard InChI is InChI=1S/C21H17N3O3/c25-21(24-22-12-16-9-10-26-13-16)19-11-17-18(23-19)7-4-8-20(17)27-14-15-5-2-1-3-6-15/h1-13,23H,14H2,(H,24,25)/b22-12+. The number of nitrogens with one attached hydrogen (secondary N) is 2. The van der Waals surface area contributed by atoms with Crippen LogP contribution in [0.5, 0.6) is 5.75 Å². The van der Waals surface area contributed by atoms with Crippen molar-refractivity contribution in [2.24, 2.45) is 5.10 Å². The summed E-state index contributed by atoms with van der Waals surface area (Å²) in [6, 6.07) is 19.1. The molecule has 0 aliphatic rings. The third kappa shape index (κ3) is 3.90. The predicted molar refractivity (Wildman–Crippen MR) is 103 cm³/mol. The van der Waals surface area contributed by atoms with E-state index in [-0.39, 0.29) is 5.91 Å². The largest absolute Gasteiger partial charge is 0.488 e. The number of carbonyl (C=O) groups is 1. The topological polar surface area (TPSA) is 79.6 Å². The summed E-state index contributed by atoms with van der Waals surface area (Å²) in [5.41, 5.74) is 5.57. The summed E-state index contributed by atoms with van der Waals surface area (Å²) in [6.07, 6.45) is 4.59. The third-order valence-corrected chi connectivity index (χ3v) is 4.03. The van der Waals surface area contributed by atoms with E-state index >= 15 is 0 Å². The summed E-state index contributed by atoms with van der Waals surface area (Å²) < 4.78 is 10.9. The minimum atomic E-state index is -0.333. The molecule has 6 nitrogen and oxygen atoms in total. The maximum Gasteiger partial charge on any atom is 0.287 e. The second-order valence-corrected chi connectivity index (χ2v) is 5.93. The van der Waals surface area contributed by atoms with Gasteiger partial charge >= 0.3 is 0 Å². The molecule has 0 saturated carbocycles. The van der Waals surface area contributed by atoms with Crippen molar-refractivity contribution in [3.8, 4) is 5.75 Å². The number of carbonyl (C=O) groups excluding carboxylic acids is 1. The van der Waals surface area contributed by atoms with Gasteiger partial charge in [-0.25, -0.2) is 5.43 Å². The number of benzene rings is 2. The van der Waals surface area contributed by atoms with Crippen molar-refractivity contribution >= 4 is 23.0 Å². The average Bonchev–Trinajstić information content (AvgIpc) is 3.37. The van der Waals surface area contributed by atoms with Crippen molar-refractivity contribution in [1.82, 2.24) is 10.4 Å². The van der Waals surface area contributed by atoms with Crippen molar-refractivity contribution in [3.05, 3.63) is 90.0 Å². The van der Waals surface area contributed by atoms with E-state index in [1.807, 2.05) is 48.5 Å². The molecule has 0 radical (unpaired) electrons. The van der Waals surface area contributed by atoms with Crippen LogP contribution in [0.1, 0.15) is 21.6 Å². The molecule has 0 aliphatic carbocycles. The van der Waals surface area contributed by atoms with Gasteiger partial charge < -0.3 is 14.1 Å². The minimum Gasteiger partial charge on any atom is -0.488 e. The average molecular weight is 359 g/mol. The van der Waals surface area contributed by atoms with Gasteiger partial charge in [-0.2, -0.15) is 5.10 Å². The lowest BCUT2D eigenvalue weighted by molar-refractivity contribution is 0.0951. The minimum absolute atomic E-state index is 0.333. The molecule has 2 N–H and O–H groups in total. The molecule has 6 heteroatoms. The zero-order valence-electron chi connectivity index (χ0n) is 14.4. The number of hydrogen-bond acceptors (Lipinski definition) is 4. The fourth-order valence-corrected chi connectivity index (χ4v) is 2.69. The molecule has 2 heterocycles. The summed E-state index contributed by atoms with van der Waals surface area (Å²) in [7, 11) is 0. The lowest BCUT2D eigenvalue weighted by Crippen LogP contribution is -2.17. The van der Waals surface area contributed by atoms with Crippen molar-refractivity contribution in [3.63, 3.8) is 0 Å². The Labute approximate surface area is 155 Å². The molecule has 0 atom stereocenters. The maximum atomic E-state index is 12.3. The molecule has 0 spiro atoms. The van der Waals surface area contributed by atoms with E-state index in [1.165, 1.54) is 18.7 Å². The van der Waals surface area contributed by atoms with Gasteiger partial charge in [0.25, 0.3) is 5.91 Å². The van der Waals surface area contributed by atoms with Gasteiger partial charge in [0.05, 0.1) is 18.7 Å². The number of ether oxygens (including phenoxy) is 1. The monoisotopic (exact) mass is 359 g/mol.